The second-order valence-corrected chi connectivity index (χ2v) is 18.7. The summed E-state index contributed by atoms with van der Waals surface area (Å²) in [5.74, 6) is -0.995. The highest BCUT2D eigenvalue weighted by molar-refractivity contribution is 7.47. The highest BCUT2D eigenvalue weighted by Gasteiger charge is 2.28. The molecular formula is C43H84O15P2. The van der Waals surface area contributed by atoms with Crippen LogP contribution in [0.25, 0.3) is 0 Å². The molecule has 0 spiro atoms. The molecule has 0 aromatic carbocycles. The van der Waals surface area contributed by atoms with Crippen LogP contribution in [-0.2, 0) is 46.3 Å². The van der Waals surface area contributed by atoms with Gasteiger partial charge in [-0.05, 0) is 38.5 Å². The molecule has 0 fully saturated rings. The molecule has 0 saturated carbocycles. The maximum absolute atomic E-state index is 12.1. The number of rotatable bonds is 45. The molecule has 0 aliphatic rings. The molecule has 0 rings (SSSR count). The molecule has 15 nitrogen and oxygen atoms in total. The van der Waals surface area contributed by atoms with E-state index in [9.17, 15) is 43.8 Å². The summed E-state index contributed by atoms with van der Waals surface area (Å²) in [6.45, 7) is 0.416. The summed E-state index contributed by atoms with van der Waals surface area (Å²) in [6.07, 6.45) is 30.6. The number of ether oxygens (including phenoxy) is 2. The summed E-state index contributed by atoms with van der Waals surface area (Å²) in [6, 6.07) is 0. The minimum Gasteiger partial charge on any atom is -0.463 e. The Labute approximate surface area is 361 Å². The second-order valence-electron chi connectivity index (χ2n) is 15.8. The Balaban J connectivity index is 3.89. The van der Waals surface area contributed by atoms with Crippen molar-refractivity contribution < 1.29 is 71.4 Å². The smallest absolute Gasteiger partial charge is 0.463 e. The first-order valence-electron chi connectivity index (χ1n) is 23.0. The number of carbonyl (C=O) groups excluding carboxylic acids is 2. The molecule has 0 aromatic rings. The first kappa shape index (κ1) is 58.8. The van der Waals surface area contributed by atoms with Gasteiger partial charge in [-0.3, -0.25) is 27.7 Å². The van der Waals surface area contributed by atoms with E-state index in [1.165, 1.54) is 109 Å². The van der Waals surface area contributed by atoms with Gasteiger partial charge in [-0.15, -0.1) is 0 Å². The van der Waals surface area contributed by atoms with E-state index in [1.54, 1.807) is 0 Å². The van der Waals surface area contributed by atoms with Crippen molar-refractivity contribution in [3.63, 3.8) is 0 Å². The highest BCUT2D eigenvalue weighted by Crippen LogP contribution is 2.45. The van der Waals surface area contributed by atoms with Crippen LogP contribution in [0.1, 0.15) is 194 Å². The Hall–Kier alpha value is -1.22. The number of phosphoric acid groups is 2. The SMILES string of the molecule is CCCCCCCC/C=C/CCCCCCCCCC(=O)OCC(O)COP(=O)(O)OCC(O)COP(=O)(O)OCC(O)COC(=O)CCCCCCCCCCCCC. The van der Waals surface area contributed by atoms with Crippen molar-refractivity contribution in [1.29, 1.82) is 0 Å². The molecule has 5 unspecified atom stereocenters. The van der Waals surface area contributed by atoms with Crippen LogP contribution in [0, 0.1) is 0 Å². The van der Waals surface area contributed by atoms with E-state index in [2.05, 4.69) is 44.1 Å². The first-order chi connectivity index (χ1) is 28.8. The number of aliphatic hydroxyl groups excluding tert-OH is 3. The minimum atomic E-state index is -4.78. The third kappa shape index (κ3) is 42.1. The quantitative estimate of drug-likeness (QED) is 0.0166. The zero-order valence-electron chi connectivity index (χ0n) is 37.1. The van der Waals surface area contributed by atoms with Gasteiger partial charge in [0.05, 0.1) is 26.4 Å². The van der Waals surface area contributed by atoms with Gasteiger partial charge in [0.25, 0.3) is 0 Å². The van der Waals surface area contributed by atoms with Crippen LogP contribution in [0.4, 0.5) is 0 Å². The lowest BCUT2D eigenvalue weighted by atomic mass is 10.1. The van der Waals surface area contributed by atoms with E-state index >= 15 is 0 Å². The average molecular weight is 903 g/mol. The van der Waals surface area contributed by atoms with E-state index in [0.717, 1.165) is 44.9 Å². The Kier molecular flexibility index (Phi) is 39.7. The van der Waals surface area contributed by atoms with Crippen LogP contribution in [0.5, 0.6) is 0 Å². The Morgan fingerprint density at radius 1 is 0.417 bits per heavy atom. The van der Waals surface area contributed by atoms with Gasteiger partial charge in [0.1, 0.15) is 31.5 Å². The standard InChI is InChI=1S/C43H84O15P2/c1-3-5-7-9-11-13-15-16-17-18-19-20-22-24-26-28-30-32-43(48)54-34-40(45)36-56-60(51,52)58-38-41(46)37-57-59(49,50)55-35-39(44)33-53-42(47)31-29-27-25-23-21-14-12-10-8-6-4-2/h16-17,39-41,44-46H,3-15,18-38H2,1-2H3,(H,49,50)(H,51,52)/b17-16+. The zero-order valence-corrected chi connectivity index (χ0v) is 38.9. The summed E-state index contributed by atoms with van der Waals surface area (Å²) in [7, 11) is -9.55. The molecule has 0 radical (unpaired) electrons. The maximum Gasteiger partial charge on any atom is 0.472 e. The molecule has 5 N–H and O–H groups in total. The molecule has 0 amide bonds. The minimum absolute atomic E-state index is 0.194. The van der Waals surface area contributed by atoms with E-state index in [1.807, 2.05) is 0 Å². The Morgan fingerprint density at radius 3 is 0.967 bits per heavy atom. The van der Waals surface area contributed by atoms with E-state index in [-0.39, 0.29) is 12.8 Å². The molecule has 0 aromatic heterocycles. The van der Waals surface area contributed by atoms with Crippen LogP contribution in [-0.4, -0.2) is 95.0 Å². The number of carbonyl (C=O) groups is 2. The summed E-state index contributed by atoms with van der Waals surface area (Å²) in [4.78, 5) is 43.6. The first-order valence-corrected chi connectivity index (χ1v) is 26.0. The van der Waals surface area contributed by atoms with Gasteiger partial charge in [-0.1, -0.05) is 154 Å². The van der Waals surface area contributed by atoms with Gasteiger partial charge < -0.3 is 34.6 Å². The van der Waals surface area contributed by atoms with Crippen molar-refractivity contribution in [3.8, 4) is 0 Å². The summed E-state index contributed by atoms with van der Waals surface area (Å²) < 4.78 is 52.9. The summed E-state index contributed by atoms with van der Waals surface area (Å²) in [5.41, 5.74) is 0. The zero-order chi connectivity index (χ0) is 44.6. The van der Waals surface area contributed by atoms with Crippen molar-refractivity contribution in [2.24, 2.45) is 0 Å². The van der Waals surface area contributed by atoms with E-state index in [4.69, 9.17) is 9.47 Å². The Bertz CT molecular complexity index is 1140. The van der Waals surface area contributed by atoms with Crippen LogP contribution < -0.4 is 0 Å². The number of unbranched alkanes of at least 4 members (excludes halogenated alkanes) is 23. The molecule has 0 aliphatic heterocycles. The average Bonchev–Trinajstić information content (AvgIpc) is 3.22. The van der Waals surface area contributed by atoms with Crippen molar-refractivity contribution in [2.45, 2.75) is 212 Å². The van der Waals surface area contributed by atoms with Gasteiger partial charge in [-0.2, -0.15) is 0 Å². The fraction of sp³-hybridized carbons (Fsp3) is 0.907. The lowest BCUT2D eigenvalue weighted by molar-refractivity contribution is -0.148. The molecule has 5 atom stereocenters. The van der Waals surface area contributed by atoms with Crippen molar-refractivity contribution in [1.82, 2.24) is 0 Å². The van der Waals surface area contributed by atoms with Crippen LogP contribution >= 0.6 is 15.6 Å². The van der Waals surface area contributed by atoms with Gasteiger partial charge in [0.2, 0.25) is 0 Å². The number of hydrogen-bond acceptors (Lipinski definition) is 13. The second kappa shape index (κ2) is 40.5. The lowest BCUT2D eigenvalue weighted by Gasteiger charge is -2.19. The molecule has 356 valence electrons. The maximum atomic E-state index is 12.1. The normalized spacial score (nSPS) is 15.4. The predicted octanol–water partition coefficient (Wildman–Crippen LogP) is 9.94. The Morgan fingerprint density at radius 2 is 0.667 bits per heavy atom. The molecule has 0 aliphatic carbocycles. The van der Waals surface area contributed by atoms with Crippen molar-refractivity contribution in [2.75, 3.05) is 39.6 Å². The molecular weight excluding hydrogens is 818 g/mol. The number of aliphatic hydroxyl groups is 3. The topological polar surface area (TPSA) is 225 Å². The molecule has 0 saturated heterocycles. The monoisotopic (exact) mass is 903 g/mol. The molecule has 0 heterocycles. The van der Waals surface area contributed by atoms with E-state index in [0.29, 0.717) is 12.8 Å². The predicted molar refractivity (Wildman–Crippen MR) is 233 cm³/mol. The van der Waals surface area contributed by atoms with E-state index < -0.39 is 85.5 Å². The fourth-order valence-electron chi connectivity index (χ4n) is 6.09. The van der Waals surface area contributed by atoms with Gasteiger partial charge in [0, 0.05) is 12.8 Å². The van der Waals surface area contributed by atoms with Crippen molar-refractivity contribution in [3.05, 3.63) is 12.2 Å². The lowest BCUT2D eigenvalue weighted by Crippen LogP contribution is -2.25. The number of hydrogen-bond donors (Lipinski definition) is 5. The van der Waals surface area contributed by atoms with Crippen LogP contribution in [0.15, 0.2) is 12.2 Å². The summed E-state index contributed by atoms with van der Waals surface area (Å²) in [5, 5.41) is 29.9. The molecule has 0 bridgehead atoms. The largest absolute Gasteiger partial charge is 0.472 e. The van der Waals surface area contributed by atoms with Gasteiger partial charge >= 0.3 is 27.6 Å². The summed E-state index contributed by atoms with van der Waals surface area (Å²) >= 11 is 0. The third-order valence-corrected chi connectivity index (χ3v) is 11.6. The molecule has 60 heavy (non-hydrogen) atoms. The third-order valence-electron chi connectivity index (χ3n) is 9.72. The van der Waals surface area contributed by atoms with Crippen molar-refractivity contribution >= 4 is 27.6 Å². The number of phosphoric ester groups is 2. The fourth-order valence-corrected chi connectivity index (χ4v) is 7.68. The molecule has 17 heteroatoms. The number of allylic oxidation sites excluding steroid dienone is 2. The van der Waals surface area contributed by atoms with Gasteiger partial charge in [0.15, 0.2) is 0 Å². The van der Waals surface area contributed by atoms with Crippen LogP contribution in [0.2, 0.25) is 0 Å². The number of esters is 2. The van der Waals surface area contributed by atoms with Gasteiger partial charge in [-0.25, -0.2) is 9.13 Å². The van der Waals surface area contributed by atoms with Crippen LogP contribution in [0.3, 0.4) is 0 Å². The highest BCUT2D eigenvalue weighted by atomic mass is 31.2.